The van der Waals surface area contributed by atoms with Crippen molar-refractivity contribution in [3.8, 4) is 11.7 Å². The molecule has 0 bridgehead atoms. The first-order chi connectivity index (χ1) is 32.5. The van der Waals surface area contributed by atoms with Gasteiger partial charge >= 0.3 is 18.4 Å². The summed E-state index contributed by atoms with van der Waals surface area (Å²) in [6.07, 6.45) is -5.39. The van der Waals surface area contributed by atoms with Crippen molar-refractivity contribution in [1.82, 2.24) is 54.7 Å². The van der Waals surface area contributed by atoms with Gasteiger partial charge in [0.1, 0.15) is 30.2 Å². The van der Waals surface area contributed by atoms with Crippen molar-refractivity contribution in [3.63, 3.8) is 0 Å². The number of rotatable bonds is 16. The smallest absolute Gasteiger partial charge is 0.422 e. The lowest BCUT2D eigenvalue weighted by Gasteiger charge is -2.18. The summed E-state index contributed by atoms with van der Waals surface area (Å²) < 4.78 is 97.4. The second-order valence-electron chi connectivity index (χ2n) is 18.0. The average Bonchev–Trinajstić information content (AvgIpc) is 3.80. The van der Waals surface area contributed by atoms with E-state index in [2.05, 4.69) is 41.5 Å². The van der Waals surface area contributed by atoms with E-state index in [1.807, 2.05) is 6.07 Å². The van der Waals surface area contributed by atoms with Crippen LogP contribution in [0.3, 0.4) is 0 Å². The molecule has 0 radical (unpaired) electrons. The van der Waals surface area contributed by atoms with Crippen molar-refractivity contribution in [1.29, 1.82) is 0 Å². The van der Waals surface area contributed by atoms with Crippen molar-refractivity contribution >= 4 is 47.0 Å². The number of ether oxygens (including phenoxy) is 4. The number of imidazole rings is 2. The van der Waals surface area contributed by atoms with E-state index in [4.69, 9.17) is 33.9 Å². The molecule has 9 rings (SSSR count). The number of alkyl carbamates (subject to hydrolysis) is 2. The first-order valence-corrected chi connectivity index (χ1v) is 22.4. The Hall–Kier alpha value is -6.79. The molecule has 0 saturated heterocycles. The molecule has 364 valence electrons. The Morgan fingerprint density at radius 1 is 0.824 bits per heavy atom. The average molecular weight is 956 g/mol. The number of aromatic amines is 2. The molecule has 6 aromatic rings. The van der Waals surface area contributed by atoms with Gasteiger partial charge in [-0.15, -0.1) is 4.68 Å². The molecule has 2 amide bonds. The van der Waals surface area contributed by atoms with Crippen molar-refractivity contribution in [3.05, 3.63) is 59.4 Å². The Morgan fingerprint density at radius 3 is 2.24 bits per heavy atom. The van der Waals surface area contributed by atoms with Gasteiger partial charge in [-0.1, -0.05) is 4.98 Å². The molecule has 25 heteroatoms. The monoisotopic (exact) mass is 955 g/mol. The normalized spacial score (nSPS) is 21.8. The maximum Gasteiger partial charge on any atom is 0.422 e. The maximum absolute atomic E-state index is 15.8. The highest BCUT2D eigenvalue weighted by molar-refractivity contribution is 5.68. The van der Waals surface area contributed by atoms with E-state index in [0.29, 0.717) is 40.9 Å². The molecular formula is C43H52F5N14O6+. The topological polar surface area (TPSA) is 228 Å². The number of hydrogen-bond acceptors (Lipinski definition) is 13. The Bertz CT molecular complexity index is 2790. The van der Waals surface area contributed by atoms with Crippen LogP contribution in [0.5, 0.6) is 5.88 Å². The third kappa shape index (κ3) is 10.4. The minimum atomic E-state index is -4.66. The van der Waals surface area contributed by atoms with Gasteiger partial charge in [-0.05, 0) is 66.2 Å². The van der Waals surface area contributed by atoms with E-state index in [0.717, 1.165) is 18.5 Å². The summed E-state index contributed by atoms with van der Waals surface area (Å²) in [5, 5.41) is 22.3. The standard InChI is InChI=1S/C43H51F5N14O6/c1-20(2)49-41(63)67-30-9-8-25(38(30)45)29-12-32(58-57-29)53-40-56-36(15-34-54-37(17-61(34)40)66-19-43(46,47)48)62-35(14-28(59-62)23-10-26(44)31(11-23)68-42(64)50-21(3)4)55-39-52-27(22-6-7-22)13-33-51-24(18-65-5)16-60(33)39/h12-17,20-23,25-26,30-31,38H,6-11,18-19H2,1-5H3,(H5,49,50,51,52,53,54,55,56,57,58,59,63,64)/p+1/t23-,25+,26+,30+,31-,38+/m0/s1. The van der Waals surface area contributed by atoms with Crippen LogP contribution in [0.1, 0.15) is 107 Å². The van der Waals surface area contributed by atoms with Gasteiger partial charge in [-0.2, -0.15) is 23.3 Å². The zero-order chi connectivity index (χ0) is 48.0. The second kappa shape index (κ2) is 18.7. The molecule has 6 atom stereocenters. The number of methoxy groups -OCH3 is 1. The molecule has 0 spiro atoms. The zero-order valence-corrected chi connectivity index (χ0v) is 37.7. The zero-order valence-electron chi connectivity index (χ0n) is 37.7. The van der Waals surface area contributed by atoms with Crippen LogP contribution in [0.25, 0.3) is 17.1 Å². The van der Waals surface area contributed by atoms with E-state index in [1.165, 1.54) is 16.7 Å². The van der Waals surface area contributed by atoms with Gasteiger partial charge < -0.3 is 29.6 Å². The molecule has 0 aromatic carbocycles. The van der Waals surface area contributed by atoms with Crippen LogP contribution >= 0.6 is 0 Å². The van der Waals surface area contributed by atoms with Gasteiger partial charge in [0.2, 0.25) is 5.88 Å². The fourth-order valence-electron chi connectivity index (χ4n) is 8.58. The minimum absolute atomic E-state index is 0.0127. The van der Waals surface area contributed by atoms with Gasteiger partial charge in [0.05, 0.1) is 36.0 Å². The van der Waals surface area contributed by atoms with Crippen molar-refractivity contribution in [2.45, 2.75) is 133 Å². The Balaban J connectivity index is 1.09. The third-order valence-corrected chi connectivity index (χ3v) is 11.8. The fraction of sp³-hybridized carbons (Fsp3) is 0.535. The highest BCUT2D eigenvalue weighted by Gasteiger charge is 2.42. The van der Waals surface area contributed by atoms with Gasteiger partial charge in [0, 0.05) is 67.0 Å². The SMILES string of the molecule is COCc1cn2c(Nc3cc([C@H]4C[C@@H](F)[C@@H](OC(=O)NC(C)C)C4)[nH][n+]3-c3cc4nc(OCC(F)(F)F)cn4c(Nc4cc([C@H]5CC[C@@H](OC(=O)NC(C)C)[C@@H]5F)[nH]n4)n3)nc(C3CC3)cc2n1. The molecule has 3 fully saturated rings. The molecule has 6 aromatic heterocycles. The quantitative estimate of drug-likeness (QED) is 0.0425. The predicted molar refractivity (Wildman–Crippen MR) is 232 cm³/mol. The van der Waals surface area contributed by atoms with Crippen molar-refractivity contribution in [2.75, 3.05) is 24.4 Å². The lowest BCUT2D eigenvalue weighted by Crippen LogP contribution is -2.37. The molecule has 6 heterocycles. The van der Waals surface area contributed by atoms with Crippen LogP contribution in [0.15, 0.2) is 36.7 Å². The number of H-pyrrole nitrogens is 2. The minimum Gasteiger partial charge on any atom is -0.467 e. The summed E-state index contributed by atoms with van der Waals surface area (Å²) in [6, 6.07) is 6.35. The number of alkyl halides is 5. The number of aromatic nitrogens is 10. The van der Waals surface area contributed by atoms with Crippen molar-refractivity contribution < 1.29 is 55.2 Å². The van der Waals surface area contributed by atoms with Crippen LogP contribution < -0.4 is 30.7 Å². The Labute approximate surface area is 385 Å². The maximum atomic E-state index is 15.8. The van der Waals surface area contributed by atoms with Crippen LogP contribution in [0, 0.1) is 0 Å². The summed E-state index contributed by atoms with van der Waals surface area (Å²) in [4.78, 5) is 43.7. The van der Waals surface area contributed by atoms with E-state index in [-0.39, 0.29) is 73.0 Å². The van der Waals surface area contributed by atoms with Crippen LogP contribution in [0.2, 0.25) is 0 Å². The number of fused-ring (bicyclic) bond motifs is 2. The molecule has 68 heavy (non-hydrogen) atoms. The molecule has 3 saturated carbocycles. The first-order valence-electron chi connectivity index (χ1n) is 22.4. The number of halogens is 5. The predicted octanol–water partition coefficient (Wildman–Crippen LogP) is 6.99. The van der Waals surface area contributed by atoms with E-state index < -0.39 is 61.4 Å². The van der Waals surface area contributed by atoms with Gasteiger partial charge in [0.15, 0.2) is 18.1 Å². The number of carbonyl (C=O) groups excluding carboxylic acids is 2. The molecular weight excluding hydrogens is 904 g/mol. The van der Waals surface area contributed by atoms with Gasteiger partial charge in [0.25, 0.3) is 23.5 Å². The Kier molecular flexibility index (Phi) is 12.7. The molecule has 3 aliphatic carbocycles. The molecule has 0 unspecified atom stereocenters. The number of carbonyl (C=O) groups is 2. The lowest BCUT2D eigenvalue weighted by molar-refractivity contribution is -0.645. The van der Waals surface area contributed by atoms with Gasteiger partial charge in [-0.3, -0.25) is 19.2 Å². The second-order valence-corrected chi connectivity index (χ2v) is 18.0. The number of nitrogens with one attached hydrogen (secondary N) is 6. The van der Waals surface area contributed by atoms with Gasteiger partial charge in [-0.25, -0.2) is 38.8 Å². The largest absolute Gasteiger partial charge is 0.467 e. The number of nitrogens with zero attached hydrogens (tertiary/aromatic N) is 8. The lowest BCUT2D eigenvalue weighted by atomic mass is 10.0. The number of amides is 2. The first kappa shape index (κ1) is 46.3. The summed E-state index contributed by atoms with van der Waals surface area (Å²) >= 11 is 0. The highest BCUT2D eigenvalue weighted by atomic mass is 19.4. The summed E-state index contributed by atoms with van der Waals surface area (Å²) in [5.41, 5.74) is 3.16. The van der Waals surface area contributed by atoms with E-state index in [1.54, 1.807) is 62.2 Å². The highest BCUT2D eigenvalue weighted by Crippen LogP contribution is 2.42. The summed E-state index contributed by atoms with van der Waals surface area (Å²) in [7, 11) is 1.57. The number of anilines is 4. The van der Waals surface area contributed by atoms with Crippen LogP contribution in [-0.2, 0) is 20.8 Å². The number of hydrogen-bond donors (Lipinski definition) is 6. The molecule has 20 nitrogen and oxygen atoms in total. The van der Waals surface area contributed by atoms with Crippen molar-refractivity contribution in [2.24, 2.45) is 0 Å². The molecule has 3 aliphatic rings. The summed E-state index contributed by atoms with van der Waals surface area (Å²) in [6.45, 7) is 5.69. The van der Waals surface area contributed by atoms with E-state index in [9.17, 15) is 22.8 Å². The molecule has 0 aliphatic heterocycles. The van der Waals surface area contributed by atoms with E-state index >= 15 is 8.78 Å². The van der Waals surface area contributed by atoms with Crippen LogP contribution in [0.4, 0.5) is 55.1 Å². The summed E-state index contributed by atoms with van der Waals surface area (Å²) in [5.74, 6) is -0.202. The Morgan fingerprint density at radius 2 is 1.53 bits per heavy atom. The third-order valence-electron chi connectivity index (χ3n) is 11.8. The molecule has 6 N–H and O–H groups in total. The fourth-order valence-corrected chi connectivity index (χ4v) is 8.58. The van der Waals surface area contributed by atoms with Crippen LogP contribution in [-0.4, -0.2) is 113 Å².